The van der Waals surface area contributed by atoms with Crippen molar-refractivity contribution in [1.82, 2.24) is 19.9 Å². The number of aromatic amines is 1. The molecule has 4 aliphatic rings. The van der Waals surface area contributed by atoms with Gasteiger partial charge in [0.15, 0.2) is 11.8 Å². The van der Waals surface area contributed by atoms with Crippen LogP contribution < -0.4 is 9.47 Å². The van der Waals surface area contributed by atoms with Gasteiger partial charge in [0.05, 0.1) is 18.7 Å². The summed E-state index contributed by atoms with van der Waals surface area (Å²) in [5, 5.41) is 10.2. The van der Waals surface area contributed by atoms with Gasteiger partial charge in [-0.1, -0.05) is 23.7 Å². The topological polar surface area (TPSA) is 128 Å². The maximum atomic E-state index is 15.6. The van der Waals surface area contributed by atoms with Crippen molar-refractivity contribution in [2.45, 2.75) is 69.7 Å². The summed E-state index contributed by atoms with van der Waals surface area (Å²) in [6.45, 7) is 6.70. The van der Waals surface area contributed by atoms with Gasteiger partial charge in [-0.2, -0.15) is 9.97 Å². The second-order valence-corrected chi connectivity index (χ2v) is 12.7. The fourth-order valence-electron chi connectivity index (χ4n) is 6.05. The van der Waals surface area contributed by atoms with Gasteiger partial charge >= 0.3 is 6.09 Å². The summed E-state index contributed by atoms with van der Waals surface area (Å²) in [5.74, 6) is -0.234. The molecule has 1 amide bonds. The van der Waals surface area contributed by atoms with Crippen LogP contribution in [-0.4, -0.2) is 87.4 Å². The van der Waals surface area contributed by atoms with Gasteiger partial charge in [0.2, 0.25) is 5.88 Å². The quantitative estimate of drug-likeness (QED) is 0.431. The second-order valence-electron chi connectivity index (χ2n) is 12.3. The molecule has 3 aliphatic heterocycles. The van der Waals surface area contributed by atoms with E-state index in [2.05, 4.69) is 15.0 Å². The molecule has 2 N–H and O–H groups in total. The number of aryl methyl sites for hydroxylation is 1. The Morgan fingerprint density at radius 1 is 1.16 bits per heavy atom. The monoisotopic (exact) mass is 614 g/mol. The summed E-state index contributed by atoms with van der Waals surface area (Å²) in [7, 11) is 0. The van der Waals surface area contributed by atoms with Crippen molar-refractivity contribution in [2.75, 3.05) is 26.3 Å². The summed E-state index contributed by atoms with van der Waals surface area (Å²) in [6.07, 6.45) is 0.218. The Labute approximate surface area is 251 Å². The highest BCUT2D eigenvalue weighted by Crippen LogP contribution is 2.40. The van der Waals surface area contributed by atoms with E-state index in [1.54, 1.807) is 11.0 Å². The first kappa shape index (κ1) is 28.3. The average molecular weight is 615 g/mol. The molecule has 2 aromatic heterocycles. The van der Waals surface area contributed by atoms with E-state index in [-0.39, 0.29) is 42.0 Å². The van der Waals surface area contributed by atoms with E-state index in [1.165, 1.54) is 6.07 Å². The Balaban J connectivity index is 1.05. The van der Waals surface area contributed by atoms with Crippen LogP contribution in [0, 0.1) is 5.82 Å². The molecule has 0 saturated carbocycles. The molecule has 2 fully saturated rings. The number of amides is 1. The van der Waals surface area contributed by atoms with Crippen LogP contribution in [0.15, 0.2) is 24.3 Å². The molecule has 5 heterocycles. The zero-order valence-corrected chi connectivity index (χ0v) is 24.7. The summed E-state index contributed by atoms with van der Waals surface area (Å²) in [5.41, 5.74) is 3.22. The second kappa shape index (κ2) is 10.6. The first-order valence-electron chi connectivity index (χ1n) is 14.3. The summed E-state index contributed by atoms with van der Waals surface area (Å²) >= 11 is 6.52. The summed E-state index contributed by atoms with van der Waals surface area (Å²) in [6, 6.07) is 5.31. The zero-order valence-electron chi connectivity index (χ0n) is 23.9. The molecular weight excluding hydrogens is 583 g/mol. The van der Waals surface area contributed by atoms with Gasteiger partial charge in [-0.3, -0.25) is 0 Å². The molecule has 7 rings (SSSR count). The maximum Gasteiger partial charge on any atom is 0.410 e. The van der Waals surface area contributed by atoms with Gasteiger partial charge in [0.1, 0.15) is 40.9 Å². The predicted molar refractivity (Wildman–Crippen MR) is 153 cm³/mol. The molecule has 0 spiro atoms. The zero-order chi connectivity index (χ0) is 30.0. The Morgan fingerprint density at radius 3 is 2.79 bits per heavy atom. The highest BCUT2D eigenvalue weighted by Gasteiger charge is 2.48. The minimum Gasteiger partial charge on any atom is -0.468 e. The van der Waals surface area contributed by atoms with Gasteiger partial charge in [-0.15, -0.1) is 0 Å². The molecule has 3 aromatic rings. The molecule has 228 valence electrons. The molecule has 1 unspecified atom stereocenters. The summed E-state index contributed by atoms with van der Waals surface area (Å²) in [4.78, 5) is 26.0. The lowest BCUT2D eigenvalue weighted by Gasteiger charge is -2.24. The number of hydrogen-bond donors (Lipinski definition) is 2. The maximum absolute atomic E-state index is 15.6. The number of hydrogen-bond acceptors (Lipinski definition) is 9. The molecule has 2 saturated heterocycles. The van der Waals surface area contributed by atoms with Gasteiger partial charge in [0.25, 0.3) is 6.01 Å². The molecule has 43 heavy (non-hydrogen) atoms. The van der Waals surface area contributed by atoms with Crippen molar-refractivity contribution >= 4 is 34.4 Å². The number of aliphatic hydroxyl groups excluding tert-OH is 1. The first-order chi connectivity index (χ1) is 20.5. The minimum absolute atomic E-state index is 0.145. The van der Waals surface area contributed by atoms with Crippen LogP contribution in [0.2, 0.25) is 5.02 Å². The lowest BCUT2D eigenvalue weighted by molar-refractivity contribution is 0.00706. The Kier molecular flexibility index (Phi) is 6.99. The van der Waals surface area contributed by atoms with Gasteiger partial charge in [-0.25, -0.2) is 9.18 Å². The van der Waals surface area contributed by atoms with Gasteiger partial charge in [0, 0.05) is 18.7 Å². The van der Waals surface area contributed by atoms with E-state index in [0.29, 0.717) is 42.7 Å². The number of aromatic nitrogens is 3. The standard InChI is InChI=1S/C30H32ClFN4O7/c1-30(2,3)43-29(38)36-7-6-15(11-36)16-8-14-4-5-21(23(14)18(32)9-16)41-27-17(31)10-19-26(34-27)35-28(33-19)42-22-13-40-24-20(37)12-39-25(22)24/h6,8-10,20-22,24-25,37H,4-5,7,11-13H2,1-3H3,(H,33,34,35)/t20-,21?,22-,24-,25-/m1/s1. The third-order valence-electron chi connectivity index (χ3n) is 8.03. The molecule has 1 aromatic carbocycles. The predicted octanol–water partition coefficient (Wildman–Crippen LogP) is 4.36. The average Bonchev–Trinajstić information content (AvgIpc) is 3.75. The number of carbonyl (C=O) groups excluding carboxylic acids is 1. The Hall–Kier alpha value is -3.45. The van der Waals surface area contributed by atoms with E-state index >= 15 is 4.39 Å². The molecule has 13 heteroatoms. The number of pyridine rings is 1. The van der Waals surface area contributed by atoms with Crippen LogP contribution in [0.4, 0.5) is 9.18 Å². The molecule has 0 radical (unpaired) electrons. The Morgan fingerprint density at radius 2 is 1.98 bits per heavy atom. The van der Waals surface area contributed by atoms with Crippen LogP contribution in [0.1, 0.15) is 50.0 Å². The molecule has 11 nitrogen and oxygen atoms in total. The molecule has 0 bridgehead atoms. The summed E-state index contributed by atoms with van der Waals surface area (Å²) < 4.78 is 44.4. The SMILES string of the molecule is CC(C)(C)OC(=O)N1CC=C(c2cc(F)c3c(c2)CCC3Oc2nc3nc(O[C@@H]4CO[C@H]5[C@@H]4OC[C@H]5O)[nH]c3cc2Cl)C1. The van der Waals surface area contributed by atoms with E-state index in [0.717, 1.165) is 16.7 Å². The third kappa shape index (κ3) is 5.41. The van der Waals surface area contributed by atoms with Crippen LogP contribution in [0.25, 0.3) is 16.7 Å². The molecule has 5 atom stereocenters. The van der Waals surface area contributed by atoms with E-state index in [9.17, 15) is 9.90 Å². The number of H-pyrrole nitrogens is 1. The molecule has 1 aliphatic carbocycles. The van der Waals surface area contributed by atoms with Crippen molar-refractivity contribution in [3.05, 3.63) is 51.8 Å². The largest absolute Gasteiger partial charge is 0.468 e. The highest BCUT2D eigenvalue weighted by atomic mass is 35.5. The van der Waals surface area contributed by atoms with Gasteiger partial charge < -0.3 is 38.7 Å². The number of rotatable bonds is 5. The first-order valence-corrected chi connectivity index (χ1v) is 14.7. The number of aliphatic hydroxyl groups is 1. The van der Waals surface area contributed by atoms with Crippen LogP contribution in [0.3, 0.4) is 0 Å². The van der Waals surface area contributed by atoms with Crippen molar-refractivity contribution in [3.8, 4) is 11.9 Å². The molecular formula is C30H32ClFN4O7. The van der Waals surface area contributed by atoms with Crippen molar-refractivity contribution in [3.63, 3.8) is 0 Å². The number of fused-ring (bicyclic) bond motifs is 3. The number of imidazole rings is 1. The third-order valence-corrected chi connectivity index (χ3v) is 8.30. The van der Waals surface area contributed by atoms with Crippen molar-refractivity contribution in [2.24, 2.45) is 0 Å². The lowest BCUT2D eigenvalue weighted by atomic mass is 10.00. The number of halogens is 2. The lowest BCUT2D eigenvalue weighted by Crippen LogP contribution is -2.35. The highest BCUT2D eigenvalue weighted by molar-refractivity contribution is 6.32. The fourth-order valence-corrected chi connectivity index (χ4v) is 6.24. The van der Waals surface area contributed by atoms with Crippen molar-refractivity contribution in [1.29, 1.82) is 0 Å². The number of ether oxygens (including phenoxy) is 5. The van der Waals surface area contributed by atoms with Crippen LogP contribution in [-0.2, 0) is 20.6 Å². The van der Waals surface area contributed by atoms with E-state index in [4.69, 9.17) is 35.3 Å². The number of benzene rings is 1. The van der Waals surface area contributed by atoms with Gasteiger partial charge in [-0.05, 0) is 62.4 Å². The van der Waals surface area contributed by atoms with E-state index in [1.807, 2.05) is 32.9 Å². The van der Waals surface area contributed by atoms with Crippen molar-refractivity contribution < 1.29 is 38.0 Å². The Bertz CT molecular complexity index is 1620. The smallest absolute Gasteiger partial charge is 0.410 e. The van der Waals surface area contributed by atoms with Crippen LogP contribution in [0.5, 0.6) is 11.9 Å². The van der Waals surface area contributed by atoms with Crippen LogP contribution >= 0.6 is 11.6 Å². The number of nitrogens with zero attached hydrogens (tertiary/aromatic N) is 3. The number of nitrogens with one attached hydrogen (secondary N) is 1. The normalized spacial score (nSPS) is 26.5. The minimum atomic E-state index is -0.680. The number of carbonyl (C=O) groups is 1. The van der Waals surface area contributed by atoms with E-state index < -0.39 is 36.1 Å². The fraction of sp³-hybridized carbons (Fsp3) is 0.500.